The normalized spacial score (nSPS) is 23.9. The number of hydrogen-bond donors (Lipinski definition) is 1. The third kappa shape index (κ3) is 5.85. The van der Waals surface area contributed by atoms with Crippen molar-refractivity contribution >= 4 is 18.0 Å². The number of alkyl halides is 5. The standard InChI is InChI=1S/C31H29F5N4O5/c1-15-6-18(8-19(7-15)31(34,35)36)26-16(2)40(29(43)45-26)12-24-23(11-37-28(38-24)39-13-30(32,33)14-39)21-9-17(4-5-25(21)44-3)20-10-22(20)27(41)42/h4-9,11,16,20,22,26H,10,12-14H2,1-3H3,(H,41,42)/t16-,20?,22-,26-/m0/s1. The first-order valence-electron chi connectivity index (χ1n) is 14.2. The summed E-state index contributed by atoms with van der Waals surface area (Å²) in [4.78, 5) is 36.2. The van der Waals surface area contributed by atoms with Gasteiger partial charge in [-0.3, -0.25) is 9.69 Å². The fraction of sp³-hybridized carbons (Fsp3) is 0.419. The maximum atomic E-state index is 13.7. The molecule has 1 N–H and O–H groups in total. The summed E-state index contributed by atoms with van der Waals surface area (Å²) in [6, 6.07) is 8.01. The number of methoxy groups -OCH3 is 1. The summed E-state index contributed by atoms with van der Waals surface area (Å²) in [5.41, 5.74) is 1.61. The van der Waals surface area contributed by atoms with E-state index >= 15 is 0 Å². The van der Waals surface area contributed by atoms with Gasteiger partial charge in [-0.25, -0.2) is 23.5 Å². The Morgan fingerprint density at radius 1 is 1.13 bits per heavy atom. The largest absolute Gasteiger partial charge is 0.496 e. The van der Waals surface area contributed by atoms with Crippen molar-refractivity contribution < 1.29 is 46.1 Å². The Hall–Kier alpha value is -4.49. The molecule has 2 saturated heterocycles. The lowest BCUT2D eigenvalue weighted by atomic mass is 9.97. The number of carboxylic acid groups (broad SMARTS) is 1. The van der Waals surface area contributed by atoms with Gasteiger partial charge in [0.15, 0.2) is 0 Å². The lowest BCUT2D eigenvalue weighted by Gasteiger charge is -2.38. The molecule has 3 aliphatic rings. The van der Waals surface area contributed by atoms with Crippen LogP contribution in [0.3, 0.4) is 0 Å². The van der Waals surface area contributed by atoms with Crippen LogP contribution in [0.25, 0.3) is 11.1 Å². The number of halogens is 5. The zero-order valence-corrected chi connectivity index (χ0v) is 24.4. The van der Waals surface area contributed by atoms with Crippen LogP contribution < -0.4 is 9.64 Å². The predicted molar refractivity (Wildman–Crippen MR) is 150 cm³/mol. The van der Waals surface area contributed by atoms with E-state index in [1.807, 2.05) is 0 Å². The molecule has 14 heteroatoms. The minimum atomic E-state index is -4.59. The summed E-state index contributed by atoms with van der Waals surface area (Å²) in [6.07, 6.45) is -4.48. The molecule has 0 bridgehead atoms. The Kier molecular flexibility index (Phi) is 7.36. The molecule has 2 aromatic carbocycles. The fourth-order valence-electron chi connectivity index (χ4n) is 6.02. The van der Waals surface area contributed by atoms with E-state index in [4.69, 9.17) is 9.47 Å². The monoisotopic (exact) mass is 632 g/mol. The molecular weight excluding hydrogens is 603 g/mol. The summed E-state index contributed by atoms with van der Waals surface area (Å²) in [6.45, 7) is 1.82. The minimum absolute atomic E-state index is 0.0215. The Labute approximate surface area is 254 Å². The highest BCUT2D eigenvalue weighted by molar-refractivity contribution is 5.78. The molecule has 9 nitrogen and oxygen atoms in total. The Morgan fingerprint density at radius 2 is 1.87 bits per heavy atom. The molecule has 3 fully saturated rings. The minimum Gasteiger partial charge on any atom is -0.496 e. The summed E-state index contributed by atoms with van der Waals surface area (Å²) < 4.78 is 79.2. The average Bonchev–Trinajstić information content (AvgIpc) is 3.72. The highest BCUT2D eigenvalue weighted by Gasteiger charge is 2.47. The van der Waals surface area contributed by atoms with Crippen LogP contribution in [0, 0.1) is 12.8 Å². The molecule has 1 saturated carbocycles. The van der Waals surface area contributed by atoms with Gasteiger partial charge in [0.25, 0.3) is 5.92 Å². The number of hydrogen-bond acceptors (Lipinski definition) is 7. The fourth-order valence-corrected chi connectivity index (χ4v) is 6.02. The summed E-state index contributed by atoms with van der Waals surface area (Å²) in [5.74, 6) is -4.08. The van der Waals surface area contributed by atoms with Crippen LogP contribution in [-0.4, -0.2) is 64.2 Å². The average molecular weight is 633 g/mol. The van der Waals surface area contributed by atoms with E-state index in [1.165, 1.54) is 36.1 Å². The topological polar surface area (TPSA) is 105 Å². The van der Waals surface area contributed by atoms with E-state index in [-0.39, 0.29) is 29.7 Å². The SMILES string of the molecule is COc1ccc(C2C[C@@H]2C(=O)O)cc1-c1cnc(N2CC(F)(F)C2)nc1CN1C(=O)O[C@H](c2cc(C)cc(C(F)(F)F)c2)[C@@H]1C. The van der Waals surface area contributed by atoms with Gasteiger partial charge in [-0.1, -0.05) is 17.7 Å². The van der Waals surface area contributed by atoms with Gasteiger partial charge in [0.05, 0.1) is 50.0 Å². The van der Waals surface area contributed by atoms with E-state index in [0.717, 1.165) is 17.7 Å². The maximum Gasteiger partial charge on any atom is 0.416 e. The first-order valence-corrected chi connectivity index (χ1v) is 14.2. The van der Waals surface area contributed by atoms with E-state index in [0.29, 0.717) is 28.9 Å². The number of cyclic esters (lactones) is 1. The van der Waals surface area contributed by atoms with Gasteiger partial charge >= 0.3 is 18.2 Å². The number of aliphatic carboxylic acids is 1. The predicted octanol–water partition coefficient (Wildman–Crippen LogP) is 6.20. The van der Waals surface area contributed by atoms with Crippen molar-refractivity contribution in [2.45, 2.75) is 57.0 Å². The molecule has 3 aromatic rings. The van der Waals surface area contributed by atoms with E-state index in [2.05, 4.69) is 9.97 Å². The number of ether oxygens (including phenoxy) is 2. The summed E-state index contributed by atoms with van der Waals surface area (Å²) >= 11 is 0. The van der Waals surface area contributed by atoms with Crippen LogP contribution in [0.5, 0.6) is 5.75 Å². The number of rotatable bonds is 8. The lowest BCUT2D eigenvalue weighted by molar-refractivity contribution is -0.139. The van der Waals surface area contributed by atoms with Gasteiger partial charge < -0.3 is 19.5 Å². The number of amides is 1. The Bertz CT molecular complexity index is 1670. The number of carbonyl (C=O) groups excluding carboxylic acids is 1. The zero-order chi connectivity index (χ0) is 32.4. The number of anilines is 1. The molecule has 45 heavy (non-hydrogen) atoms. The molecule has 1 unspecified atom stereocenters. The van der Waals surface area contributed by atoms with Crippen molar-refractivity contribution in [3.8, 4) is 16.9 Å². The first-order chi connectivity index (χ1) is 21.1. The summed E-state index contributed by atoms with van der Waals surface area (Å²) in [5, 5.41) is 9.44. The molecule has 1 amide bonds. The third-order valence-corrected chi connectivity index (χ3v) is 8.50. The number of carbonyl (C=O) groups is 2. The van der Waals surface area contributed by atoms with E-state index in [1.54, 1.807) is 25.1 Å². The molecular formula is C31H29F5N4O5. The van der Waals surface area contributed by atoms with Crippen LogP contribution in [0.4, 0.5) is 32.7 Å². The van der Waals surface area contributed by atoms with Crippen molar-refractivity contribution in [3.05, 3.63) is 70.5 Å². The van der Waals surface area contributed by atoms with Crippen molar-refractivity contribution in [1.82, 2.24) is 14.9 Å². The van der Waals surface area contributed by atoms with E-state index < -0.39 is 60.9 Å². The maximum absolute atomic E-state index is 13.7. The van der Waals surface area contributed by atoms with Crippen LogP contribution in [0.2, 0.25) is 0 Å². The highest BCUT2D eigenvalue weighted by atomic mass is 19.4. The van der Waals surface area contributed by atoms with Crippen molar-refractivity contribution in [2.24, 2.45) is 5.92 Å². The first kappa shape index (κ1) is 30.5. The summed E-state index contributed by atoms with van der Waals surface area (Å²) in [7, 11) is 1.45. The Balaban J connectivity index is 1.37. The molecule has 0 radical (unpaired) electrons. The lowest BCUT2D eigenvalue weighted by Crippen LogP contribution is -2.57. The van der Waals surface area contributed by atoms with Crippen molar-refractivity contribution in [2.75, 3.05) is 25.1 Å². The highest BCUT2D eigenvalue weighted by Crippen LogP contribution is 2.49. The molecule has 238 valence electrons. The van der Waals surface area contributed by atoms with Crippen LogP contribution >= 0.6 is 0 Å². The van der Waals surface area contributed by atoms with Crippen LogP contribution in [0.1, 0.15) is 53.3 Å². The van der Waals surface area contributed by atoms with Gasteiger partial charge in [-0.05, 0) is 61.6 Å². The molecule has 4 atom stereocenters. The molecule has 6 rings (SSSR count). The molecule has 0 spiro atoms. The molecule has 1 aliphatic carbocycles. The second-order valence-corrected chi connectivity index (χ2v) is 11.8. The Morgan fingerprint density at radius 3 is 2.49 bits per heavy atom. The van der Waals surface area contributed by atoms with Gasteiger partial charge in [-0.15, -0.1) is 0 Å². The van der Waals surface area contributed by atoms with Gasteiger partial charge in [0, 0.05) is 17.3 Å². The number of benzene rings is 2. The van der Waals surface area contributed by atoms with Gasteiger partial charge in [0.1, 0.15) is 11.9 Å². The molecule has 2 aliphatic heterocycles. The molecule has 1 aromatic heterocycles. The number of nitrogens with zero attached hydrogens (tertiary/aromatic N) is 4. The number of aryl methyl sites for hydroxylation is 1. The second-order valence-electron chi connectivity index (χ2n) is 11.8. The number of carboxylic acids is 1. The van der Waals surface area contributed by atoms with Gasteiger partial charge in [-0.2, -0.15) is 13.2 Å². The van der Waals surface area contributed by atoms with Crippen LogP contribution in [-0.2, 0) is 22.3 Å². The zero-order valence-electron chi connectivity index (χ0n) is 24.4. The third-order valence-electron chi connectivity index (χ3n) is 8.50. The quantitative estimate of drug-likeness (QED) is 0.293. The molecule has 3 heterocycles. The number of aromatic nitrogens is 2. The second kappa shape index (κ2) is 10.8. The van der Waals surface area contributed by atoms with Crippen LogP contribution in [0.15, 0.2) is 42.6 Å². The smallest absolute Gasteiger partial charge is 0.416 e. The van der Waals surface area contributed by atoms with E-state index in [9.17, 15) is 36.6 Å². The van der Waals surface area contributed by atoms with Crippen molar-refractivity contribution in [3.63, 3.8) is 0 Å². The van der Waals surface area contributed by atoms with Gasteiger partial charge in [0.2, 0.25) is 5.95 Å². The van der Waals surface area contributed by atoms with Crippen molar-refractivity contribution in [1.29, 1.82) is 0 Å².